The van der Waals surface area contributed by atoms with Crippen molar-refractivity contribution in [3.8, 4) is 0 Å². The zero-order valence-electron chi connectivity index (χ0n) is 4.24. The summed E-state index contributed by atoms with van der Waals surface area (Å²) in [4.78, 5) is 3.31. The lowest BCUT2D eigenvalue weighted by molar-refractivity contribution is 0.548. The molecule has 48 valence electrons. The molecular formula is C5H2F2IN. The maximum absolute atomic E-state index is 12.1. The monoisotopic (exact) mass is 241 g/mol. The number of hydrogen-bond donors (Lipinski definition) is 0. The van der Waals surface area contributed by atoms with Crippen LogP contribution in [0.25, 0.3) is 0 Å². The molecule has 1 heterocycles. The number of aromatic nitrogens is 1. The third-order valence-electron chi connectivity index (χ3n) is 0.728. The van der Waals surface area contributed by atoms with E-state index in [-0.39, 0.29) is 0 Å². The Morgan fingerprint density at radius 3 is 2.44 bits per heavy atom. The van der Waals surface area contributed by atoms with Crippen molar-refractivity contribution in [2.45, 2.75) is 0 Å². The van der Waals surface area contributed by atoms with E-state index in [1.54, 1.807) is 22.6 Å². The van der Waals surface area contributed by atoms with E-state index in [4.69, 9.17) is 0 Å². The molecule has 0 unspecified atom stereocenters. The number of nitrogens with zero attached hydrogens (tertiary/aromatic N) is 1. The molecule has 1 nitrogen and oxygen atoms in total. The highest BCUT2D eigenvalue weighted by Crippen LogP contribution is 2.04. The van der Waals surface area contributed by atoms with E-state index in [0.29, 0.717) is 3.70 Å². The summed E-state index contributed by atoms with van der Waals surface area (Å²) in [6.07, 6.45) is 0. The van der Waals surface area contributed by atoms with Crippen molar-refractivity contribution in [2.75, 3.05) is 0 Å². The maximum atomic E-state index is 12.1. The average molecular weight is 241 g/mol. The lowest BCUT2D eigenvalue weighted by Crippen LogP contribution is -1.87. The number of halogens is 3. The van der Waals surface area contributed by atoms with Gasteiger partial charge in [0.15, 0.2) is 0 Å². The van der Waals surface area contributed by atoms with Crippen LogP contribution in [0.15, 0.2) is 12.1 Å². The maximum Gasteiger partial charge on any atom is 0.216 e. The highest BCUT2D eigenvalue weighted by molar-refractivity contribution is 14.1. The molecule has 1 aromatic heterocycles. The van der Waals surface area contributed by atoms with Crippen molar-refractivity contribution >= 4 is 22.6 Å². The first-order chi connectivity index (χ1) is 4.18. The van der Waals surface area contributed by atoms with E-state index in [2.05, 4.69) is 4.98 Å². The molecule has 0 amide bonds. The van der Waals surface area contributed by atoms with Gasteiger partial charge < -0.3 is 0 Å². The molecule has 0 bridgehead atoms. The second kappa shape index (κ2) is 2.55. The van der Waals surface area contributed by atoms with Gasteiger partial charge in [-0.2, -0.15) is 4.39 Å². The van der Waals surface area contributed by atoms with Crippen molar-refractivity contribution in [2.24, 2.45) is 0 Å². The first kappa shape index (κ1) is 6.85. The minimum atomic E-state index is -0.778. The Balaban J connectivity index is 3.17. The van der Waals surface area contributed by atoms with Gasteiger partial charge in [0, 0.05) is 12.1 Å². The van der Waals surface area contributed by atoms with Crippen LogP contribution in [0.2, 0.25) is 0 Å². The Bertz CT molecular complexity index is 176. The highest BCUT2D eigenvalue weighted by Gasteiger charge is 1.96. The third kappa shape index (κ3) is 1.85. The summed E-state index contributed by atoms with van der Waals surface area (Å²) in [5.41, 5.74) is 0. The molecule has 0 saturated carbocycles. The largest absolute Gasteiger partial charge is 0.216 e. The molecule has 0 aliphatic carbocycles. The second-order valence-corrected chi connectivity index (χ2v) is 2.54. The van der Waals surface area contributed by atoms with Crippen LogP contribution in [0.4, 0.5) is 8.78 Å². The molecule has 0 aliphatic rings. The van der Waals surface area contributed by atoms with E-state index >= 15 is 0 Å². The van der Waals surface area contributed by atoms with Crippen molar-refractivity contribution < 1.29 is 8.78 Å². The summed E-state index contributed by atoms with van der Waals surface area (Å²) in [5.74, 6) is -1.37. The van der Waals surface area contributed by atoms with E-state index in [0.717, 1.165) is 12.1 Å². The summed E-state index contributed by atoms with van der Waals surface area (Å²) < 4.78 is 24.5. The predicted molar refractivity (Wildman–Crippen MR) is 36.9 cm³/mol. The Hall–Kier alpha value is -0.260. The molecule has 0 radical (unpaired) electrons. The number of hydrogen-bond acceptors (Lipinski definition) is 1. The molecule has 0 aliphatic heterocycles. The molecular weight excluding hydrogens is 239 g/mol. The van der Waals surface area contributed by atoms with Crippen molar-refractivity contribution in [3.63, 3.8) is 0 Å². The van der Waals surface area contributed by atoms with Gasteiger partial charge in [-0.15, -0.1) is 0 Å². The van der Waals surface area contributed by atoms with Crippen molar-refractivity contribution in [1.29, 1.82) is 0 Å². The molecule has 4 heteroatoms. The number of pyridine rings is 1. The number of rotatable bonds is 0. The van der Waals surface area contributed by atoms with Crippen LogP contribution in [0, 0.1) is 15.5 Å². The van der Waals surface area contributed by atoms with Gasteiger partial charge in [-0.3, -0.25) is 0 Å². The van der Waals surface area contributed by atoms with Crippen LogP contribution in [0.3, 0.4) is 0 Å². The van der Waals surface area contributed by atoms with Crippen LogP contribution in [-0.4, -0.2) is 4.98 Å². The Morgan fingerprint density at radius 2 is 2.00 bits per heavy atom. The lowest BCUT2D eigenvalue weighted by atomic mass is 10.5. The smallest absolute Gasteiger partial charge is 0.213 e. The zero-order valence-corrected chi connectivity index (χ0v) is 6.39. The molecule has 9 heavy (non-hydrogen) atoms. The van der Waals surface area contributed by atoms with Gasteiger partial charge in [0.1, 0.15) is 9.52 Å². The normalized spacial score (nSPS) is 9.67. The lowest BCUT2D eigenvalue weighted by Gasteiger charge is -1.89. The first-order valence-corrected chi connectivity index (χ1v) is 3.25. The fourth-order valence-corrected chi connectivity index (χ4v) is 0.964. The quantitative estimate of drug-likeness (QED) is 0.499. The summed E-state index contributed by atoms with van der Waals surface area (Å²) in [5, 5.41) is 0. The standard InChI is InChI=1S/C5H2F2IN/c6-3-1-4(7)9-5(8)2-3/h1-2H. The average Bonchev–Trinajstić information content (AvgIpc) is 1.59. The topological polar surface area (TPSA) is 12.9 Å². The first-order valence-electron chi connectivity index (χ1n) is 2.17. The van der Waals surface area contributed by atoms with Crippen LogP contribution in [-0.2, 0) is 0 Å². The predicted octanol–water partition coefficient (Wildman–Crippen LogP) is 1.96. The Morgan fingerprint density at radius 1 is 1.33 bits per heavy atom. The summed E-state index contributed by atoms with van der Waals surface area (Å²) in [7, 11) is 0. The molecule has 0 atom stereocenters. The van der Waals surface area contributed by atoms with Crippen LogP contribution in [0.1, 0.15) is 0 Å². The molecule has 0 spiro atoms. The Labute approximate surface area is 64.2 Å². The molecule has 1 aromatic rings. The minimum Gasteiger partial charge on any atom is -0.213 e. The summed E-state index contributed by atoms with van der Waals surface area (Å²) in [6.45, 7) is 0. The van der Waals surface area contributed by atoms with Gasteiger partial charge in [0.2, 0.25) is 5.95 Å². The fraction of sp³-hybridized carbons (Fsp3) is 0. The summed E-state index contributed by atoms with van der Waals surface area (Å²) >= 11 is 1.74. The highest BCUT2D eigenvalue weighted by atomic mass is 127. The minimum absolute atomic E-state index is 0.324. The molecule has 0 aromatic carbocycles. The van der Waals surface area contributed by atoms with Crippen LogP contribution in [0.5, 0.6) is 0 Å². The van der Waals surface area contributed by atoms with Gasteiger partial charge in [0.05, 0.1) is 0 Å². The SMILES string of the molecule is Fc1cc(F)nc(I)c1. The zero-order chi connectivity index (χ0) is 6.85. The molecule has 0 N–H and O–H groups in total. The van der Waals surface area contributed by atoms with E-state index in [9.17, 15) is 8.78 Å². The van der Waals surface area contributed by atoms with Crippen molar-refractivity contribution in [3.05, 3.63) is 27.6 Å². The van der Waals surface area contributed by atoms with Gasteiger partial charge in [-0.25, -0.2) is 9.37 Å². The molecule has 0 fully saturated rings. The fourth-order valence-electron chi connectivity index (χ4n) is 0.436. The van der Waals surface area contributed by atoms with Crippen molar-refractivity contribution in [1.82, 2.24) is 4.98 Å². The third-order valence-corrected chi connectivity index (χ3v) is 1.28. The van der Waals surface area contributed by atoms with Crippen LogP contribution >= 0.6 is 22.6 Å². The Kier molecular flexibility index (Phi) is 1.94. The molecule has 0 saturated heterocycles. The van der Waals surface area contributed by atoms with Crippen LogP contribution < -0.4 is 0 Å². The van der Waals surface area contributed by atoms with Gasteiger partial charge >= 0.3 is 0 Å². The van der Waals surface area contributed by atoms with E-state index < -0.39 is 11.8 Å². The van der Waals surface area contributed by atoms with E-state index in [1.807, 2.05) is 0 Å². The molecule has 1 rings (SSSR count). The van der Waals surface area contributed by atoms with Gasteiger partial charge in [0.25, 0.3) is 0 Å². The summed E-state index contributed by atoms with van der Waals surface area (Å²) in [6, 6.07) is 1.89. The van der Waals surface area contributed by atoms with Gasteiger partial charge in [-0.1, -0.05) is 0 Å². The second-order valence-electron chi connectivity index (χ2n) is 1.43. The van der Waals surface area contributed by atoms with E-state index in [1.165, 1.54) is 0 Å². The van der Waals surface area contributed by atoms with Gasteiger partial charge in [-0.05, 0) is 22.6 Å².